The number of carbonyl (C=O) groups excluding carboxylic acids is 3. The molecule has 2 aromatic carbocycles. The number of ether oxygens (including phenoxy) is 2. The predicted octanol–water partition coefficient (Wildman–Crippen LogP) is 5.51. The molecule has 1 aromatic heterocycles. The van der Waals surface area contributed by atoms with Gasteiger partial charge in [-0.2, -0.15) is 0 Å². The molecule has 1 fully saturated rings. The van der Waals surface area contributed by atoms with E-state index >= 15 is 0 Å². The van der Waals surface area contributed by atoms with Crippen molar-refractivity contribution in [3.8, 4) is 0 Å². The molecular weight excluding hydrogens is 432 g/mol. The Labute approximate surface area is 199 Å². The summed E-state index contributed by atoms with van der Waals surface area (Å²) in [5.41, 5.74) is 1.97. The first-order valence-corrected chi connectivity index (χ1v) is 11.5. The van der Waals surface area contributed by atoms with Crippen molar-refractivity contribution in [3.05, 3.63) is 71.9 Å². The Morgan fingerprint density at radius 1 is 1.09 bits per heavy atom. The highest BCUT2D eigenvalue weighted by Gasteiger charge is 2.38. The molecule has 0 aliphatic carbocycles. The maximum atomic E-state index is 13.2. The molecule has 0 bridgehead atoms. The SMILES string of the molecule is C[C@H](CC(=O)N1C(=O)OC[C@H]1Cc1ccccc1)c1cn(C(=O)OC(C)(C)C)c2ccccc12. The number of benzene rings is 2. The fourth-order valence-corrected chi connectivity index (χ4v) is 4.33. The van der Waals surface area contributed by atoms with Crippen LogP contribution in [0.15, 0.2) is 60.8 Å². The average Bonchev–Trinajstić information content (AvgIpc) is 3.34. The molecule has 34 heavy (non-hydrogen) atoms. The lowest BCUT2D eigenvalue weighted by atomic mass is 9.96. The van der Waals surface area contributed by atoms with Gasteiger partial charge in [-0.1, -0.05) is 55.5 Å². The summed E-state index contributed by atoms with van der Waals surface area (Å²) < 4.78 is 12.3. The number of cyclic esters (lactones) is 1. The van der Waals surface area contributed by atoms with Crippen LogP contribution in [0.2, 0.25) is 0 Å². The van der Waals surface area contributed by atoms with Gasteiger partial charge in [0.15, 0.2) is 0 Å². The van der Waals surface area contributed by atoms with E-state index in [0.29, 0.717) is 11.9 Å². The molecule has 7 heteroatoms. The van der Waals surface area contributed by atoms with E-state index in [1.807, 2.05) is 82.3 Å². The van der Waals surface area contributed by atoms with Crippen LogP contribution in [0.1, 0.15) is 51.2 Å². The molecule has 1 saturated heterocycles. The van der Waals surface area contributed by atoms with Crippen LogP contribution < -0.4 is 0 Å². The van der Waals surface area contributed by atoms with Crippen molar-refractivity contribution >= 4 is 29.0 Å². The smallest absolute Gasteiger partial charge is 0.419 e. The summed E-state index contributed by atoms with van der Waals surface area (Å²) in [6.07, 6.45) is 1.32. The molecule has 2 atom stereocenters. The van der Waals surface area contributed by atoms with E-state index in [0.717, 1.165) is 16.5 Å². The zero-order chi connectivity index (χ0) is 24.5. The third kappa shape index (κ3) is 4.98. The van der Waals surface area contributed by atoms with Gasteiger partial charge < -0.3 is 9.47 Å². The van der Waals surface area contributed by atoms with Gasteiger partial charge in [0, 0.05) is 18.0 Å². The van der Waals surface area contributed by atoms with Crippen molar-refractivity contribution in [3.63, 3.8) is 0 Å². The van der Waals surface area contributed by atoms with Gasteiger partial charge in [-0.25, -0.2) is 14.5 Å². The molecule has 0 unspecified atom stereocenters. The molecule has 1 aliphatic rings. The Morgan fingerprint density at radius 2 is 1.76 bits per heavy atom. The third-order valence-corrected chi connectivity index (χ3v) is 5.89. The number of aromatic nitrogens is 1. The topological polar surface area (TPSA) is 77.8 Å². The van der Waals surface area contributed by atoms with Crippen molar-refractivity contribution in [1.29, 1.82) is 0 Å². The Balaban J connectivity index is 1.55. The molecule has 0 N–H and O–H groups in total. The van der Waals surface area contributed by atoms with Crippen LogP contribution in [0.3, 0.4) is 0 Å². The number of fused-ring (bicyclic) bond motifs is 1. The highest BCUT2D eigenvalue weighted by atomic mass is 16.6. The molecule has 0 spiro atoms. The molecule has 3 aromatic rings. The van der Waals surface area contributed by atoms with Gasteiger partial charge in [0.05, 0.1) is 11.6 Å². The summed E-state index contributed by atoms with van der Waals surface area (Å²) in [6.45, 7) is 7.57. The largest absolute Gasteiger partial charge is 0.447 e. The number of amides is 2. The third-order valence-electron chi connectivity index (χ3n) is 5.89. The van der Waals surface area contributed by atoms with Gasteiger partial charge in [-0.15, -0.1) is 0 Å². The number of para-hydroxylation sites is 1. The second kappa shape index (κ2) is 9.33. The first-order chi connectivity index (χ1) is 16.1. The Bertz CT molecular complexity index is 1210. The van der Waals surface area contributed by atoms with Crippen molar-refractivity contribution in [1.82, 2.24) is 9.47 Å². The van der Waals surface area contributed by atoms with Gasteiger partial charge in [0.1, 0.15) is 12.2 Å². The summed E-state index contributed by atoms with van der Waals surface area (Å²) in [6, 6.07) is 16.9. The first-order valence-electron chi connectivity index (χ1n) is 11.5. The van der Waals surface area contributed by atoms with E-state index in [4.69, 9.17) is 9.47 Å². The second-order valence-electron chi connectivity index (χ2n) is 9.74. The van der Waals surface area contributed by atoms with Crippen molar-refractivity contribution in [2.45, 2.75) is 58.1 Å². The number of hydrogen-bond acceptors (Lipinski definition) is 5. The fourth-order valence-electron chi connectivity index (χ4n) is 4.33. The van der Waals surface area contributed by atoms with Gasteiger partial charge in [0.2, 0.25) is 5.91 Å². The van der Waals surface area contributed by atoms with E-state index in [1.54, 1.807) is 6.20 Å². The molecule has 0 saturated carbocycles. The Hall–Kier alpha value is -3.61. The van der Waals surface area contributed by atoms with Crippen LogP contribution in [0, 0.1) is 0 Å². The quantitative estimate of drug-likeness (QED) is 0.500. The summed E-state index contributed by atoms with van der Waals surface area (Å²) in [4.78, 5) is 39.7. The number of rotatable bonds is 5. The molecule has 2 amide bonds. The van der Waals surface area contributed by atoms with E-state index in [-0.39, 0.29) is 30.9 Å². The van der Waals surface area contributed by atoms with Gasteiger partial charge in [0.25, 0.3) is 0 Å². The first kappa shape index (κ1) is 23.5. The number of nitrogens with zero attached hydrogens (tertiary/aromatic N) is 2. The molecule has 2 heterocycles. The maximum absolute atomic E-state index is 13.2. The predicted molar refractivity (Wildman–Crippen MR) is 129 cm³/mol. The summed E-state index contributed by atoms with van der Waals surface area (Å²) >= 11 is 0. The van der Waals surface area contributed by atoms with Crippen molar-refractivity contribution < 1.29 is 23.9 Å². The number of imide groups is 1. The van der Waals surface area contributed by atoms with E-state index < -0.39 is 17.8 Å². The monoisotopic (exact) mass is 462 g/mol. The maximum Gasteiger partial charge on any atom is 0.419 e. The molecule has 7 nitrogen and oxygen atoms in total. The van der Waals surface area contributed by atoms with Crippen LogP contribution in [0.4, 0.5) is 9.59 Å². The lowest BCUT2D eigenvalue weighted by Gasteiger charge is -2.21. The minimum absolute atomic E-state index is 0.114. The zero-order valence-corrected chi connectivity index (χ0v) is 20.0. The van der Waals surface area contributed by atoms with Gasteiger partial charge >= 0.3 is 12.2 Å². The average molecular weight is 463 g/mol. The molecule has 4 rings (SSSR count). The van der Waals surface area contributed by atoms with Crippen molar-refractivity contribution in [2.24, 2.45) is 0 Å². The van der Waals surface area contributed by atoms with E-state index in [9.17, 15) is 14.4 Å². The number of carbonyl (C=O) groups is 3. The van der Waals surface area contributed by atoms with Crippen LogP contribution in [0.25, 0.3) is 10.9 Å². The van der Waals surface area contributed by atoms with E-state index in [2.05, 4.69) is 0 Å². The van der Waals surface area contributed by atoms with Crippen molar-refractivity contribution in [2.75, 3.05) is 6.61 Å². The summed E-state index contributed by atoms with van der Waals surface area (Å²) in [5.74, 6) is -0.517. The normalized spacial score (nSPS) is 17.0. The molecular formula is C27H30N2O5. The van der Waals surface area contributed by atoms with Gasteiger partial charge in [-0.3, -0.25) is 9.36 Å². The minimum Gasteiger partial charge on any atom is -0.447 e. The van der Waals surface area contributed by atoms with Crippen LogP contribution in [0.5, 0.6) is 0 Å². The van der Waals surface area contributed by atoms with Gasteiger partial charge in [-0.05, 0) is 50.3 Å². The highest BCUT2D eigenvalue weighted by molar-refractivity contribution is 5.95. The number of hydrogen-bond donors (Lipinski definition) is 0. The fraction of sp³-hybridized carbons (Fsp3) is 0.370. The summed E-state index contributed by atoms with van der Waals surface area (Å²) in [5, 5.41) is 0.874. The van der Waals surface area contributed by atoms with Crippen LogP contribution in [-0.4, -0.2) is 45.8 Å². The molecule has 0 radical (unpaired) electrons. The van der Waals surface area contributed by atoms with E-state index in [1.165, 1.54) is 9.47 Å². The second-order valence-corrected chi connectivity index (χ2v) is 9.74. The standard InChI is InChI=1S/C27H30N2O5/c1-18(14-24(30)29-20(17-33-26(29)32)15-19-10-6-5-7-11-19)22-16-28(25(31)34-27(2,3)4)23-13-9-8-12-21(22)23/h5-13,16,18,20H,14-15,17H2,1-4H3/t18-,20-/m1/s1. The Kier molecular flexibility index (Phi) is 6.46. The summed E-state index contributed by atoms with van der Waals surface area (Å²) in [7, 11) is 0. The highest BCUT2D eigenvalue weighted by Crippen LogP contribution is 2.31. The molecule has 1 aliphatic heterocycles. The minimum atomic E-state index is -0.631. The lowest BCUT2D eigenvalue weighted by Crippen LogP contribution is -2.40. The lowest BCUT2D eigenvalue weighted by molar-refractivity contribution is -0.129. The molecule has 178 valence electrons. The van der Waals surface area contributed by atoms with Crippen LogP contribution in [-0.2, 0) is 20.7 Å². The Morgan fingerprint density at radius 3 is 2.47 bits per heavy atom. The van der Waals surface area contributed by atoms with Crippen LogP contribution >= 0.6 is 0 Å². The zero-order valence-electron chi connectivity index (χ0n) is 20.0.